The highest BCUT2D eigenvalue weighted by atomic mass is 79.9. The summed E-state index contributed by atoms with van der Waals surface area (Å²) in [7, 11) is 0. The Kier molecular flexibility index (Phi) is 16.4. The number of nitrogens with zero attached hydrogens (tertiary/aromatic N) is 2. The molecule has 11 nitrogen and oxygen atoms in total. The van der Waals surface area contributed by atoms with Gasteiger partial charge in [-0.1, -0.05) is 15.9 Å². The molecule has 0 aliphatic heterocycles. The Hall–Kier alpha value is -2.24. The normalized spacial score (nSPS) is 11.8. The van der Waals surface area contributed by atoms with Crippen molar-refractivity contribution in [2.45, 2.75) is 105 Å². The predicted octanol–water partition coefficient (Wildman–Crippen LogP) is 5.06. The monoisotopic (exact) mass is 622 g/mol. The van der Waals surface area contributed by atoms with Crippen molar-refractivity contribution in [3.8, 4) is 0 Å². The zero-order valence-corrected chi connectivity index (χ0v) is 27.0. The van der Waals surface area contributed by atoms with Crippen LogP contribution in [0.1, 0.15) is 88.0 Å². The van der Waals surface area contributed by atoms with Crippen molar-refractivity contribution in [1.29, 1.82) is 0 Å². The SMILES string of the molecule is CC(C)(C)OC(=O)NCCCN(CCCCN(CCCNC(=O)CBr)C(=O)OC(C)(C)C)C(=O)OC(C)(C)C. The molecule has 0 fully saturated rings. The molecule has 0 heterocycles. The molecule has 39 heavy (non-hydrogen) atoms. The lowest BCUT2D eigenvalue weighted by Gasteiger charge is -2.29. The van der Waals surface area contributed by atoms with Crippen LogP contribution in [0.4, 0.5) is 14.4 Å². The highest BCUT2D eigenvalue weighted by molar-refractivity contribution is 9.09. The maximum Gasteiger partial charge on any atom is 0.410 e. The van der Waals surface area contributed by atoms with Gasteiger partial charge in [0.25, 0.3) is 0 Å². The molecule has 0 saturated carbocycles. The van der Waals surface area contributed by atoms with Gasteiger partial charge in [0, 0.05) is 39.3 Å². The first-order valence-electron chi connectivity index (χ1n) is 13.6. The van der Waals surface area contributed by atoms with Crippen molar-refractivity contribution in [2.75, 3.05) is 44.6 Å². The van der Waals surface area contributed by atoms with Gasteiger partial charge in [0.2, 0.25) is 5.91 Å². The Bertz CT molecular complexity index is 774. The second kappa shape index (κ2) is 17.5. The fraction of sp³-hybridized carbons (Fsp3) is 0.852. The average molecular weight is 624 g/mol. The van der Waals surface area contributed by atoms with E-state index in [1.807, 2.05) is 41.5 Å². The fourth-order valence-corrected chi connectivity index (χ4v) is 3.36. The Morgan fingerprint density at radius 1 is 0.590 bits per heavy atom. The summed E-state index contributed by atoms with van der Waals surface area (Å²) in [5, 5.41) is 5.71. The molecule has 4 amide bonds. The highest BCUT2D eigenvalue weighted by Gasteiger charge is 2.24. The third-order valence-electron chi connectivity index (χ3n) is 4.73. The molecule has 12 heteroatoms. The van der Waals surface area contributed by atoms with Gasteiger partial charge in [-0.05, 0) is 88.0 Å². The van der Waals surface area contributed by atoms with Crippen molar-refractivity contribution in [3.63, 3.8) is 0 Å². The van der Waals surface area contributed by atoms with Gasteiger partial charge in [0.1, 0.15) is 16.8 Å². The minimum atomic E-state index is -0.637. The predicted molar refractivity (Wildman–Crippen MR) is 155 cm³/mol. The number of alkyl halides is 1. The van der Waals surface area contributed by atoms with Gasteiger partial charge in [0.05, 0.1) is 5.33 Å². The van der Waals surface area contributed by atoms with Crippen molar-refractivity contribution in [1.82, 2.24) is 20.4 Å². The maximum absolute atomic E-state index is 12.8. The molecule has 0 spiro atoms. The van der Waals surface area contributed by atoms with Crippen LogP contribution in [0.15, 0.2) is 0 Å². The number of hydrogen-bond acceptors (Lipinski definition) is 7. The van der Waals surface area contributed by atoms with Gasteiger partial charge in [-0.3, -0.25) is 4.79 Å². The van der Waals surface area contributed by atoms with E-state index in [0.29, 0.717) is 65.0 Å². The summed E-state index contributed by atoms with van der Waals surface area (Å²) >= 11 is 3.11. The number of ether oxygens (including phenoxy) is 3. The molecule has 0 aromatic heterocycles. The lowest BCUT2D eigenvalue weighted by atomic mass is 10.2. The third-order valence-corrected chi connectivity index (χ3v) is 5.24. The van der Waals surface area contributed by atoms with Crippen LogP contribution in [0.5, 0.6) is 0 Å². The Labute approximate surface area is 243 Å². The third kappa shape index (κ3) is 21.3. The molecule has 2 N–H and O–H groups in total. The molecule has 0 rings (SSSR count). The number of unbranched alkanes of at least 4 members (excludes halogenated alkanes) is 1. The van der Waals surface area contributed by atoms with Crippen LogP contribution in [0.3, 0.4) is 0 Å². The van der Waals surface area contributed by atoms with E-state index in [-0.39, 0.29) is 11.2 Å². The summed E-state index contributed by atoms with van der Waals surface area (Å²) in [6.45, 7) is 18.8. The molecule has 0 aliphatic carbocycles. The first-order chi connectivity index (χ1) is 17.8. The number of hydrogen-bond donors (Lipinski definition) is 2. The largest absolute Gasteiger partial charge is 0.444 e. The van der Waals surface area contributed by atoms with Gasteiger partial charge >= 0.3 is 18.3 Å². The van der Waals surface area contributed by atoms with Crippen LogP contribution >= 0.6 is 15.9 Å². The number of amides is 4. The second-order valence-corrected chi connectivity index (χ2v) is 12.8. The lowest BCUT2D eigenvalue weighted by molar-refractivity contribution is -0.118. The van der Waals surface area contributed by atoms with Crippen LogP contribution in [-0.4, -0.2) is 95.4 Å². The van der Waals surface area contributed by atoms with Crippen LogP contribution < -0.4 is 10.6 Å². The summed E-state index contributed by atoms with van der Waals surface area (Å²) < 4.78 is 16.4. The first-order valence-corrected chi connectivity index (χ1v) is 14.7. The van der Waals surface area contributed by atoms with Crippen LogP contribution in [0.2, 0.25) is 0 Å². The molecule has 0 atom stereocenters. The van der Waals surface area contributed by atoms with Crippen molar-refractivity contribution in [2.24, 2.45) is 0 Å². The zero-order chi connectivity index (χ0) is 30.3. The van der Waals surface area contributed by atoms with E-state index in [1.165, 1.54) is 0 Å². The number of nitrogens with one attached hydrogen (secondary N) is 2. The van der Waals surface area contributed by atoms with E-state index in [2.05, 4.69) is 26.6 Å². The van der Waals surface area contributed by atoms with Gasteiger partial charge in [-0.2, -0.15) is 0 Å². The molecule has 0 aromatic rings. The number of carbonyl (C=O) groups is 4. The minimum Gasteiger partial charge on any atom is -0.444 e. The van der Waals surface area contributed by atoms with E-state index in [1.54, 1.807) is 30.6 Å². The first kappa shape index (κ1) is 36.8. The number of rotatable bonds is 14. The topological polar surface area (TPSA) is 127 Å². The van der Waals surface area contributed by atoms with Gasteiger partial charge < -0.3 is 34.6 Å². The molecule has 0 saturated heterocycles. The molecule has 228 valence electrons. The number of carbonyl (C=O) groups excluding carboxylic acids is 4. The maximum atomic E-state index is 12.8. The molecular formula is C27H51BrN4O7. The zero-order valence-electron chi connectivity index (χ0n) is 25.4. The van der Waals surface area contributed by atoms with E-state index >= 15 is 0 Å². The van der Waals surface area contributed by atoms with E-state index < -0.39 is 35.1 Å². The quantitative estimate of drug-likeness (QED) is 0.157. The fourth-order valence-electron chi connectivity index (χ4n) is 3.17. The smallest absolute Gasteiger partial charge is 0.410 e. The van der Waals surface area contributed by atoms with E-state index in [0.717, 1.165) is 0 Å². The minimum absolute atomic E-state index is 0.109. The Morgan fingerprint density at radius 3 is 1.31 bits per heavy atom. The standard InChI is InChI=1S/C27H51BrN4O7/c1-25(2,3)37-22(34)30-15-13-19-32(24(36)39-27(7,8)9)17-11-10-16-31(23(35)38-26(4,5)6)18-12-14-29-21(33)20-28/h10-20H2,1-9H3,(H,29,33)(H,30,34). The summed E-state index contributed by atoms with van der Waals surface area (Å²) in [6.07, 6.45) is 1.06. The Balaban J connectivity index is 4.96. The van der Waals surface area contributed by atoms with Crippen molar-refractivity contribution >= 4 is 40.1 Å². The van der Waals surface area contributed by atoms with Crippen molar-refractivity contribution < 1.29 is 33.4 Å². The van der Waals surface area contributed by atoms with Crippen LogP contribution in [0, 0.1) is 0 Å². The van der Waals surface area contributed by atoms with Gasteiger partial charge in [-0.15, -0.1) is 0 Å². The van der Waals surface area contributed by atoms with Crippen LogP contribution in [-0.2, 0) is 19.0 Å². The molecule has 0 bridgehead atoms. The molecular weight excluding hydrogens is 572 g/mol. The van der Waals surface area contributed by atoms with E-state index in [9.17, 15) is 19.2 Å². The average Bonchev–Trinajstić information content (AvgIpc) is 2.75. The lowest BCUT2D eigenvalue weighted by Crippen LogP contribution is -2.40. The van der Waals surface area contributed by atoms with Crippen molar-refractivity contribution in [3.05, 3.63) is 0 Å². The second-order valence-electron chi connectivity index (χ2n) is 12.3. The summed E-state index contributed by atoms with van der Waals surface area (Å²) in [5.74, 6) is -0.109. The highest BCUT2D eigenvalue weighted by Crippen LogP contribution is 2.13. The molecule has 0 aromatic carbocycles. The number of halogens is 1. The van der Waals surface area contributed by atoms with Gasteiger partial charge in [0.15, 0.2) is 0 Å². The van der Waals surface area contributed by atoms with E-state index in [4.69, 9.17) is 14.2 Å². The molecule has 0 radical (unpaired) electrons. The summed E-state index contributed by atoms with van der Waals surface area (Å²) in [4.78, 5) is 52.1. The summed E-state index contributed by atoms with van der Waals surface area (Å²) in [5.41, 5.74) is -1.84. The molecule has 0 aliphatic rings. The number of alkyl carbamates (subject to hydrolysis) is 1. The Morgan fingerprint density at radius 2 is 0.949 bits per heavy atom. The van der Waals surface area contributed by atoms with Crippen LogP contribution in [0.25, 0.3) is 0 Å². The van der Waals surface area contributed by atoms with Gasteiger partial charge in [-0.25, -0.2) is 14.4 Å². The molecule has 0 unspecified atom stereocenters. The summed E-state index contributed by atoms with van der Waals surface area (Å²) in [6, 6.07) is 0.